The van der Waals surface area contributed by atoms with E-state index in [1.807, 2.05) is 6.07 Å². The van der Waals surface area contributed by atoms with Gasteiger partial charge in [0.25, 0.3) is 0 Å². The molecule has 1 aliphatic heterocycles. The largest absolute Gasteiger partial charge is 0.376 e. The lowest BCUT2D eigenvalue weighted by atomic mass is 9.72. The van der Waals surface area contributed by atoms with Crippen LogP contribution in [-0.2, 0) is 4.74 Å². The average molecular weight is 206 g/mol. The zero-order valence-corrected chi connectivity index (χ0v) is 8.34. The average Bonchev–Trinajstić information content (AvgIpc) is 2.72. The molecule has 4 unspecified atom stereocenters. The Kier molecular flexibility index (Phi) is 2.07. The number of ether oxygens (including phenoxy) is 1. The van der Waals surface area contributed by atoms with Gasteiger partial charge in [0.05, 0.1) is 12.1 Å². The van der Waals surface area contributed by atoms with Crippen molar-refractivity contribution in [3.05, 3.63) is 18.6 Å². The van der Waals surface area contributed by atoms with Crippen molar-refractivity contribution in [1.82, 2.24) is 9.97 Å². The highest BCUT2D eigenvalue weighted by atomic mass is 16.5. The molecule has 2 fully saturated rings. The van der Waals surface area contributed by atoms with Crippen molar-refractivity contribution in [2.45, 2.75) is 24.6 Å². The van der Waals surface area contributed by atoms with Crippen LogP contribution in [0.25, 0.3) is 0 Å². The molecule has 2 heterocycles. The minimum Gasteiger partial charge on any atom is -0.376 e. The molecule has 0 aromatic carbocycles. The van der Waals surface area contributed by atoms with Crippen LogP contribution in [0.5, 0.6) is 0 Å². The number of nitrogens with zero attached hydrogens (tertiary/aromatic N) is 2. The topological polar surface area (TPSA) is 73.1 Å². The first kappa shape index (κ1) is 9.06. The number of hydrogen-bond donors (Lipinski definition) is 2. The fourth-order valence-corrected chi connectivity index (χ4v) is 2.47. The first-order chi connectivity index (χ1) is 7.36. The summed E-state index contributed by atoms with van der Waals surface area (Å²) in [7, 11) is 0. The van der Waals surface area contributed by atoms with E-state index in [2.05, 4.69) is 15.3 Å². The molecular formula is C10H14N4O. The Morgan fingerprint density at radius 2 is 2.47 bits per heavy atom. The van der Waals surface area contributed by atoms with Gasteiger partial charge in [-0.2, -0.15) is 0 Å². The molecule has 0 spiro atoms. The number of nitrogens with two attached hydrogens (primary N) is 1. The van der Waals surface area contributed by atoms with Gasteiger partial charge in [-0.25, -0.2) is 9.97 Å². The van der Waals surface area contributed by atoms with Crippen LogP contribution in [0.1, 0.15) is 6.42 Å². The number of hydrogen-bond acceptors (Lipinski definition) is 5. The van der Waals surface area contributed by atoms with Crippen molar-refractivity contribution in [1.29, 1.82) is 0 Å². The van der Waals surface area contributed by atoms with Gasteiger partial charge in [0, 0.05) is 24.8 Å². The van der Waals surface area contributed by atoms with E-state index in [0.717, 1.165) is 18.8 Å². The predicted molar refractivity (Wildman–Crippen MR) is 55.3 cm³/mol. The Bertz CT molecular complexity index is 345. The minimum atomic E-state index is 0.187. The molecule has 0 bridgehead atoms. The van der Waals surface area contributed by atoms with Crippen molar-refractivity contribution < 1.29 is 4.74 Å². The Hall–Kier alpha value is -1.20. The fourth-order valence-electron chi connectivity index (χ4n) is 2.47. The molecule has 5 nitrogen and oxygen atoms in total. The number of nitrogens with one attached hydrogen (secondary N) is 1. The molecule has 3 rings (SSSR count). The molecule has 1 aromatic rings. The van der Waals surface area contributed by atoms with Crippen LogP contribution in [0.3, 0.4) is 0 Å². The maximum Gasteiger partial charge on any atom is 0.129 e. The van der Waals surface area contributed by atoms with Crippen LogP contribution in [-0.4, -0.2) is 34.8 Å². The number of aromatic nitrogens is 2. The van der Waals surface area contributed by atoms with Gasteiger partial charge < -0.3 is 15.8 Å². The molecule has 5 heteroatoms. The van der Waals surface area contributed by atoms with Crippen molar-refractivity contribution in [2.75, 3.05) is 11.9 Å². The maximum absolute atomic E-state index is 6.07. The third-order valence-electron chi connectivity index (χ3n) is 3.34. The Morgan fingerprint density at radius 3 is 3.27 bits per heavy atom. The summed E-state index contributed by atoms with van der Waals surface area (Å²) in [6.07, 6.45) is 4.61. The fraction of sp³-hybridized carbons (Fsp3) is 0.600. The summed E-state index contributed by atoms with van der Waals surface area (Å²) in [4.78, 5) is 7.98. The number of rotatable bonds is 2. The van der Waals surface area contributed by atoms with Crippen molar-refractivity contribution in [3.8, 4) is 0 Å². The maximum atomic E-state index is 6.07. The second-order valence-corrected chi connectivity index (χ2v) is 4.13. The van der Waals surface area contributed by atoms with Gasteiger partial charge in [0.2, 0.25) is 0 Å². The molecule has 15 heavy (non-hydrogen) atoms. The van der Waals surface area contributed by atoms with E-state index in [1.54, 1.807) is 6.20 Å². The zero-order chi connectivity index (χ0) is 10.3. The van der Waals surface area contributed by atoms with Gasteiger partial charge in [-0.1, -0.05) is 0 Å². The summed E-state index contributed by atoms with van der Waals surface area (Å²) < 4.78 is 5.62. The van der Waals surface area contributed by atoms with Crippen LogP contribution in [0.2, 0.25) is 0 Å². The third-order valence-corrected chi connectivity index (χ3v) is 3.34. The third kappa shape index (κ3) is 1.39. The Labute approximate surface area is 88.1 Å². The lowest BCUT2D eigenvalue weighted by Crippen LogP contribution is -2.65. The van der Waals surface area contributed by atoms with Crippen LogP contribution in [0, 0.1) is 5.92 Å². The van der Waals surface area contributed by atoms with E-state index in [0.29, 0.717) is 5.92 Å². The molecule has 2 aliphatic rings. The predicted octanol–water partition coefficient (Wildman–Crippen LogP) is 0.00310. The molecule has 1 aliphatic carbocycles. The number of fused-ring (bicyclic) bond motifs is 1. The molecule has 1 aromatic heterocycles. The molecule has 0 amide bonds. The van der Waals surface area contributed by atoms with E-state index in [4.69, 9.17) is 10.5 Å². The SMILES string of the molecule is NC1C2CCOC2C1Nc1ccncn1. The van der Waals surface area contributed by atoms with Gasteiger partial charge in [-0.3, -0.25) is 0 Å². The van der Waals surface area contributed by atoms with E-state index >= 15 is 0 Å². The summed E-state index contributed by atoms with van der Waals surface area (Å²) >= 11 is 0. The van der Waals surface area contributed by atoms with Gasteiger partial charge in [-0.05, 0) is 12.5 Å². The normalized spacial score (nSPS) is 38.2. The lowest BCUT2D eigenvalue weighted by Gasteiger charge is -2.45. The molecule has 3 N–H and O–H groups in total. The van der Waals surface area contributed by atoms with E-state index < -0.39 is 0 Å². The summed E-state index contributed by atoms with van der Waals surface area (Å²) in [5.41, 5.74) is 6.07. The monoisotopic (exact) mass is 206 g/mol. The first-order valence-electron chi connectivity index (χ1n) is 5.26. The molecule has 0 radical (unpaired) electrons. The highest BCUT2D eigenvalue weighted by molar-refractivity contribution is 5.36. The van der Waals surface area contributed by atoms with Gasteiger partial charge in [0.15, 0.2) is 0 Å². The Morgan fingerprint density at radius 1 is 1.53 bits per heavy atom. The zero-order valence-electron chi connectivity index (χ0n) is 8.34. The van der Waals surface area contributed by atoms with Gasteiger partial charge in [-0.15, -0.1) is 0 Å². The van der Waals surface area contributed by atoms with Crippen LogP contribution >= 0.6 is 0 Å². The standard InChI is InChI=1S/C10H14N4O/c11-8-6-2-4-15-10(6)9(8)14-7-1-3-12-5-13-7/h1,3,5-6,8-10H,2,4,11H2,(H,12,13,14). The highest BCUT2D eigenvalue weighted by Gasteiger charge is 2.52. The molecule has 80 valence electrons. The number of anilines is 1. The van der Waals surface area contributed by atoms with Gasteiger partial charge >= 0.3 is 0 Å². The van der Waals surface area contributed by atoms with Crippen LogP contribution in [0.4, 0.5) is 5.82 Å². The quantitative estimate of drug-likeness (QED) is 0.712. The van der Waals surface area contributed by atoms with Crippen LogP contribution in [0.15, 0.2) is 18.6 Å². The molecule has 4 atom stereocenters. The van der Waals surface area contributed by atoms with Crippen LogP contribution < -0.4 is 11.1 Å². The molecule has 1 saturated heterocycles. The molecule has 1 saturated carbocycles. The van der Waals surface area contributed by atoms with E-state index in [1.165, 1.54) is 6.33 Å². The minimum absolute atomic E-state index is 0.187. The van der Waals surface area contributed by atoms with Gasteiger partial charge in [0.1, 0.15) is 12.1 Å². The smallest absolute Gasteiger partial charge is 0.129 e. The Balaban J connectivity index is 1.69. The van der Waals surface area contributed by atoms with Crippen molar-refractivity contribution >= 4 is 5.82 Å². The van der Waals surface area contributed by atoms with E-state index in [9.17, 15) is 0 Å². The summed E-state index contributed by atoms with van der Waals surface area (Å²) in [6.45, 7) is 0.838. The van der Waals surface area contributed by atoms with E-state index in [-0.39, 0.29) is 18.2 Å². The summed E-state index contributed by atoms with van der Waals surface area (Å²) in [6, 6.07) is 2.23. The summed E-state index contributed by atoms with van der Waals surface area (Å²) in [5.74, 6) is 1.35. The second kappa shape index (κ2) is 3.43. The van der Waals surface area contributed by atoms with Crippen molar-refractivity contribution in [3.63, 3.8) is 0 Å². The molecular weight excluding hydrogens is 192 g/mol. The highest BCUT2D eigenvalue weighted by Crippen LogP contribution is 2.38. The summed E-state index contributed by atoms with van der Waals surface area (Å²) in [5, 5.41) is 3.30. The van der Waals surface area contributed by atoms with Crippen molar-refractivity contribution in [2.24, 2.45) is 11.7 Å². The first-order valence-corrected chi connectivity index (χ1v) is 5.26. The lowest BCUT2D eigenvalue weighted by molar-refractivity contribution is 0.00523. The second-order valence-electron chi connectivity index (χ2n) is 4.13.